The molecule has 1 aliphatic heterocycles. The summed E-state index contributed by atoms with van der Waals surface area (Å²) in [4.78, 5) is 29.2. The van der Waals surface area contributed by atoms with Crippen LogP contribution in [-0.4, -0.2) is 74.6 Å². The number of rotatable bonds is 9. The van der Waals surface area contributed by atoms with E-state index in [1.807, 2.05) is 41.3 Å². The van der Waals surface area contributed by atoms with Gasteiger partial charge < -0.3 is 19.7 Å². The molecule has 1 unspecified atom stereocenters. The predicted octanol–water partition coefficient (Wildman–Crippen LogP) is 2.61. The van der Waals surface area contributed by atoms with Crippen molar-refractivity contribution in [3.05, 3.63) is 65.7 Å². The third-order valence-corrected chi connectivity index (χ3v) is 5.83. The highest BCUT2D eigenvalue weighted by molar-refractivity contribution is 5.95. The summed E-state index contributed by atoms with van der Waals surface area (Å²) in [5.74, 6) is 1.29. The molecule has 1 atom stereocenters. The zero-order valence-corrected chi connectivity index (χ0v) is 19.6. The van der Waals surface area contributed by atoms with Crippen LogP contribution in [0, 0.1) is 0 Å². The van der Waals surface area contributed by atoms with E-state index in [0.717, 1.165) is 43.1 Å². The highest BCUT2D eigenvalue weighted by Crippen LogP contribution is 2.14. The van der Waals surface area contributed by atoms with E-state index >= 15 is 0 Å². The number of nitrogens with zero attached hydrogens (tertiary/aromatic N) is 2. The van der Waals surface area contributed by atoms with Crippen molar-refractivity contribution in [2.24, 2.45) is 0 Å². The average Bonchev–Trinajstić information content (AvgIpc) is 2.86. The van der Waals surface area contributed by atoms with Gasteiger partial charge in [-0.25, -0.2) is 0 Å². The SMILES string of the molecule is COc1ccc(/C=C/C(=O)NC(C)C(=O)N2CCN(CCc3ccc(OC)cc3)CC2)cc1. The van der Waals surface area contributed by atoms with Crippen LogP contribution in [-0.2, 0) is 16.0 Å². The monoisotopic (exact) mass is 451 g/mol. The van der Waals surface area contributed by atoms with E-state index < -0.39 is 6.04 Å². The molecule has 33 heavy (non-hydrogen) atoms. The maximum absolute atomic E-state index is 12.8. The number of ether oxygens (including phenoxy) is 2. The third kappa shape index (κ3) is 7.36. The van der Waals surface area contributed by atoms with Crippen LogP contribution in [0.3, 0.4) is 0 Å². The number of hydrogen-bond acceptors (Lipinski definition) is 5. The minimum absolute atomic E-state index is 0.0454. The Balaban J connectivity index is 1.39. The first-order valence-electron chi connectivity index (χ1n) is 11.2. The normalized spacial score (nSPS) is 15.3. The van der Waals surface area contributed by atoms with Gasteiger partial charge in [0.25, 0.3) is 0 Å². The van der Waals surface area contributed by atoms with Gasteiger partial charge in [0.1, 0.15) is 17.5 Å². The van der Waals surface area contributed by atoms with Crippen molar-refractivity contribution in [3.8, 4) is 11.5 Å². The zero-order valence-electron chi connectivity index (χ0n) is 19.6. The Morgan fingerprint density at radius 2 is 1.52 bits per heavy atom. The van der Waals surface area contributed by atoms with E-state index in [9.17, 15) is 9.59 Å². The largest absolute Gasteiger partial charge is 0.497 e. The standard InChI is InChI=1S/C26H33N3O4/c1-20(27-25(30)13-8-21-4-9-23(32-2)10-5-21)26(31)29-18-16-28(17-19-29)15-14-22-6-11-24(33-3)12-7-22/h4-13,20H,14-19H2,1-3H3,(H,27,30)/b13-8+. The molecule has 2 amide bonds. The Morgan fingerprint density at radius 1 is 0.939 bits per heavy atom. The molecule has 0 spiro atoms. The lowest BCUT2D eigenvalue weighted by atomic mass is 10.1. The number of nitrogens with one attached hydrogen (secondary N) is 1. The summed E-state index contributed by atoms with van der Waals surface area (Å²) in [6, 6.07) is 15.0. The van der Waals surface area contributed by atoms with Gasteiger partial charge in [-0.15, -0.1) is 0 Å². The van der Waals surface area contributed by atoms with E-state index in [4.69, 9.17) is 9.47 Å². The van der Waals surface area contributed by atoms with Gasteiger partial charge in [0.05, 0.1) is 14.2 Å². The molecule has 0 saturated carbocycles. The Hall–Kier alpha value is -3.32. The molecule has 1 saturated heterocycles. The molecular weight excluding hydrogens is 418 g/mol. The maximum Gasteiger partial charge on any atom is 0.244 e. The fourth-order valence-electron chi connectivity index (χ4n) is 3.76. The number of amides is 2. The molecule has 7 heteroatoms. The van der Waals surface area contributed by atoms with Crippen LogP contribution in [0.2, 0.25) is 0 Å². The average molecular weight is 452 g/mol. The fourth-order valence-corrected chi connectivity index (χ4v) is 3.76. The molecule has 0 radical (unpaired) electrons. The van der Waals surface area contributed by atoms with E-state index in [0.29, 0.717) is 13.1 Å². The third-order valence-electron chi connectivity index (χ3n) is 5.83. The van der Waals surface area contributed by atoms with Gasteiger partial charge in [-0.3, -0.25) is 14.5 Å². The molecule has 7 nitrogen and oxygen atoms in total. The minimum atomic E-state index is -0.566. The van der Waals surface area contributed by atoms with Crippen LogP contribution in [0.5, 0.6) is 11.5 Å². The Morgan fingerprint density at radius 3 is 2.09 bits per heavy atom. The second kappa shape index (κ2) is 12.1. The highest BCUT2D eigenvalue weighted by atomic mass is 16.5. The lowest BCUT2D eigenvalue weighted by Crippen LogP contribution is -2.54. The highest BCUT2D eigenvalue weighted by Gasteiger charge is 2.25. The molecule has 2 aromatic carbocycles. The van der Waals surface area contributed by atoms with Gasteiger partial charge in [-0.2, -0.15) is 0 Å². The van der Waals surface area contributed by atoms with E-state index in [2.05, 4.69) is 22.3 Å². The number of benzene rings is 2. The summed E-state index contributed by atoms with van der Waals surface area (Å²) in [6.45, 7) is 5.70. The first kappa shape index (κ1) is 24.3. The Kier molecular flexibility index (Phi) is 8.89. The molecule has 0 bridgehead atoms. The van der Waals surface area contributed by atoms with Crippen LogP contribution >= 0.6 is 0 Å². The summed E-state index contributed by atoms with van der Waals surface area (Å²) < 4.78 is 10.3. The molecule has 1 aliphatic rings. The minimum Gasteiger partial charge on any atom is -0.497 e. The van der Waals surface area contributed by atoms with Gasteiger partial charge in [-0.05, 0) is 54.8 Å². The van der Waals surface area contributed by atoms with E-state index in [1.54, 1.807) is 27.2 Å². The van der Waals surface area contributed by atoms with Crippen molar-refractivity contribution in [2.45, 2.75) is 19.4 Å². The predicted molar refractivity (Wildman–Crippen MR) is 129 cm³/mol. The topological polar surface area (TPSA) is 71.1 Å². The van der Waals surface area contributed by atoms with Crippen molar-refractivity contribution in [1.29, 1.82) is 0 Å². The van der Waals surface area contributed by atoms with Gasteiger partial charge in [0, 0.05) is 38.8 Å². The maximum atomic E-state index is 12.8. The van der Waals surface area contributed by atoms with Crippen molar-refractivity contribution < 1.29 is 19.1 Å². The molecule has 0 aliphatic carbocycles. The fraction of sp³-hybridized carbons (Fsp3) is 0.385. The summed E-state index contributed by atoms with van der Waals surface area (Å²) in [6.07, 6.45) is 4.13. The van der Waals surface area contributed by atoms with E-state index in [1.165, 1.54) is 11.6 Å². The number of methoxy groups -OCH3 is 2. The van der Waals surface area contributed by atoms with E-state index in [-0.39, 0.29) is 11.8 Å². The smallest absolute Gasteiger partial charge is 0.244 e. The lowest BCUT2D eigenvalue weighted by Gasteiger charge is -2.36. The second-order valence-electron chi connectivity index (χ2n) is 8.10. The Bertz CT molecular complexity index is 933. The van der Waals surface area contributed by atoms with Crippen molar-refractivity contribution in [1.82, 2.24) is 15.1 Å². The quantitative estimate of drug-likeness (QED) is 0.594. The van der Waals surface area contributed by atoms with Gasteiger partial charge in [0.15, 0.2) is 0 Å². The van der Waals surface area contributed by atoms with Crippen molar-refractivity contribution in [3.63, 3.8) is 0 Å². The van der Waals surface area contributed by atoms with Crippen LogP contribution in [0.15, 0.2) is 54.6 Å². The first-order valence-corrected chi connectivity index (χ1v) is 11.2. The van der Waals surface area contributed by atoms with Crippen molar-refractivity contribution >= 4 is 17.9 Å². The lowest BCUT2D eigenvalue weighted by molar-refractivity contribution is -0.136. The van der Waals surface area contributed by atoms with Gasteiger partial charge in [0.2, 0.25) is 11.8 Å². The van der Waals surface area contributed by atoms with Gasteiger partial charge in [-0.1, -0.05) is 24.3 Å². The second-order valence-corrected chi connectivity index (χ2v) is 8.10. The summed E-state index contributed by atoms with van der Waals surface area (Å²) in [5.41, 5.74) is 2.16. The van der Waals surface area contributed by atoms with Crippen LogP contribution < -0.4 is 14.8 Å². The first-order chi connectivity index (χ1) is 16.0. The summed E-state index contributed by atoms with van der Waals surface area (Å²) in [5, 5.41) is 2.77. The molecule has 1 fully saturated rings. The van der Waals surface area contributed by atoms with Crippen LogP contribution in [0.1, 0.15) is 18.1 Å². The summed E-state index contributed by atoms with van der Waals surface area (Å²) in [7, 11) is 3.28. The van der Waals surface area contributed by atoms with Crippen LogP contribution in [0.25, 0.3) is 6.08 Å². The summed E-state index contributed by atoms with van der Waals surface area (Å²) >= 11 is 0. The number of carbonyl (C=O) groups is 2. The van der Waals surface area contributed by atoms with Crippen molar-refractivity contribution in [2.75, 3.05) is 46.9 Å². The number of carbonyl (C=O) groups excluding carboxylic acids is 2. The molecule has 3 rings (SSSR count). The number of hydrogen-bond donors (Lipinski definition) is 1. The molecule has 1 heterocycles. The molecular formula is C26H33N3O4. The molecule has 2 aromatic rings. The molecule has 1 N–H and O–H groups in total. The molecule has 0 aromatic heterocycles. The van der Waals surface area contributed by atoms with Crippen LogP contribution in [0.4, 0.5) is 0 Å². The molecule has 176 valence electrons. The Labute approximate surface area is 196 Å². The zero-order chi connectivity index (χ0) is 23.6. The van der Waals surface area contributed by atoms with Gasteiger partial charge >= 0.3 is 0 Å². The number of piperazine rings is 1.